The van der Waals surface area contributed by atoms with Crippen LogP contribution in [0.15, 0.2) is 24.3 Å². The maximum atomic E-state index is 12.6. The lowest BCUT2D eigenvalue weighted by Crippen LogP contribution is -2.42. The molecular weight excluding hydrogens is 335 g/mol. The molecular formula is C18H24F3NO3. The van der Waals surface area contributed by atoms with Gasteiger partial charge in [0.2, 0.25) is 0 Å². The van der Waals surface area contributed by atoms with Crippen LogP contribution in [0.1, 0.15) is 39.2 Å². The number of halogens is 3. The number of carbonyl (C=O) groups excluding carboxylic acids is 1. The molecule has 1 atom stereocenters. The number of nitrogens with zero attached hydrogens (tertiary/aromatic N) is 1. The molecule has 0 aromatic heterocycles. The number of ether oxygens (including phenoxy) is 2. The average Bonchev–Trinajstić information content (AvgIpc) is 2.51. The lowest BCUT2D eigenvalue weighted by Gasteiger charge is -2.34. The molecule has 0 amide bonds. The van der Waals surface area contributed by atoms with Gasteiger partial charge in [0.15, 0.2) is 0 Å². The number of morpholine rings is 1. The third-order valence-corrected chi connectivity index (χ3v) is 3.79. The van der Waals surface area contributed by atoms with Gasteiger partial charge in [0.25, 0.3) is 0 Å². The van der Waals surface area contributed by atoms with E-state index < -0.39 is 17.3 Å². The van der Waals surface area contributed by atoms with Crippen molar-refractivity contribution in [1.29, 1.82) is 0 Å². The van der Waals surface area contributed by atoms with Gasteiger partial charge >= 0.3 is 12.1 Å². The van der Waals surface area contributed by atoms with E-state index in [1.54, 1.807) is 0 Å². The third-order valence-electron chi connectivity index (χ3n) is 3.79. The number of carbonyl (C=O) groups is 1. The Morgan fingerprint density at radius 1 is 1.24 bits per heavy atom. The summed E-state index contributed by atoms with van der Waals surface area (Å²) < 4.78 is 48.8. The third kappa shape index (κ3) is 6.23. The Morgan fingerprint density at radius 3 is 2.44 bits per heavy atom. The van der Waals surface area contributed by atoms with Crippen molar-refractivity contribution in [3.63, 3.8) is 0 Å². The Bertz CT molecular complexity index is 579. The molecule has 0 spiro atoms. The van der Waals surface area contributed by atoms with Gasteiger partial charge in [-0.05, 0) is 51.5 Å². The minimum atomic E-state index is -4.33. The van der Waals surface area contributed by atoms with Gasteiger partial charge in [-0.2, -0.15) is 13.2 Å². The van der Waals surface area contributed by atoms with Gasteiger partial charge in [-0.1, -0.05) is 0 Å². The van der Waals surface area contributed by atoms with E-state index in [4.69, 9.17) is 9.47 Å². The zero-order valence-corrected chi connectivity index (χ0v) is 14.7. The Hall–Kier alpha value is -1.76. The summed E-state index contributed by atoms with van der Waals surface area (Å²) in [6, 6.07) is 5.11. The summed E-state index contributed by atoms with van der Waals surface area (Å²) in [7, 11) is 0. The predicted molar refractivity (Wildman–Crippen MR) is 88.5 cm³/mol. The highest BCUT2D eigenvalue weighted by atomic mass is 19.4. The molecule has 1 aromatic rings. The minimum Gasteiger partial charge on any atom is -0.460 e. The summed E-state index contributed by atoms with van der Waals surface area (Å²) in [5.41, 5.74) is -0.457. The van der Waals surface area contributed by atoms with E-state index in [1.807, 2.05) is 25.7 Å². The number of benzene rings is 1. The van der Waals surface area contributed by atoms with Gasteiger partial charge < -0.3 is 14.4 Å². The van der Waals surface area contributed by atoms with Gasteiger partial charge in [-0.25, -0.2) is 0 Å². The van der Waals surface area contributed by atoms with Crippen LogP contribution in [0.25, 0.3) is 0 Å². The van der Waals surface area contributed by atoms with Crippen molar-refractivity contribution in [3.05, 3.63) is 29.8 Å². The fourth-order valence-corrected chi connectivity index (χ4v) is 2.66. The molecule has 4 nitrogen and oxygen atoms in total. The van der Waals surface area contributed by atoms with Crippen LogP contribution >= 0.6 is 0 Å². The van der Waals surface area contributed by atoms with Crippen molar-refractivity contribution in [2.24, 2.45) is 0 Å². The number of hydrogen-bond donors (Lipinski definition) is 0. The van der Waals surface area contributed by atoms with Gasteiger partial charge in [0, 0.05) is 25.2 Å². The lowest BCUT2D eigenvalue weighted by atomic mass is 10.1. The maximum absolute atomic E-state index is 12.6. The number of rotatable bonds is 4. The number of esters is 1. The highest BCUT2D eigenvalue weighted by Gasteiger charge is 2.30. The summed E-state index contributed by atoms with van der Waals surface area (Å²) >= 11 is 0. The molecule has 1 aromatic carbocycles. The first-order chi connectivity index (χ1) is 11.5. The molecule has 1 heterocycles. The monoisotopic (exact) mass is 359 g/mol. The molecule has 0 N–H and O–H groups in total. The highest BCUT2D eigenvalue weighted by molar-refractivity contribution is 5.69. The van der Waals surface area contributed by atoms with E-state index in [9.17, 15) is 18.0 Å². The molecule has 7 heteroatoms. The molecule has 1 saturated heterocycles. The van der Waals surface area contributed by atoms with E-state index in [-0.39, 0.29) is 18.5 Å². The topological polar surface area (TPSA) is 38.8 Å². The fourth-order valence-electron chi connectivity index (χ4n) is 2.66. The SMILES string of the molecule is CC(C)(C)OC(=O)CCC1CN(c2ccc(C(F)(F)F)cc2)CCO1. The molecule has 25 heavy (non-hydrogen) atoms. The Kier molecular flexibility index (Phi) is 5.98. The van der Waals surface area contributed by atoms with E-state index in [0.717, 1.165) is 17.8 Å². The van der Waals surface area contributed by atoms with E-state index in [2.05, 4.69) is 0 Å². The zero-order chi connectivity index (χ0) is 18.7. The van der Waals surface area contributed by atoms with Crippen LogP contribution in [-0.2, 0) is 20.4 Å². The Labute approximate surface area is 145 Å². The second-order valence-electron chi connectivity index (χ2n) is 7.11. The quantitative estimate of drug-likeness (QED) is 0.761. The van der Waals surface area contributed by atoms with Gasteiger partial charge in [-0.3, -0.25) is 4.79 Å². The van der Waals surface area contributed by atoms with Gasteiger partial charge in [-0.15, -0.1) is 0 Å². The van der Waals surface area contributed by atoms with Gasteiger partial charge in [0.05, 0.1) is 18.3 Å². The van der Waals surface area contributed by atoms with Gasteiger partial charge in [0.1, 0.15) is 5.60 Å². The van der Waals surface area contributed by atoms with Crippen LogP contribution in [0, 0.1) is 0 Å². The van der Waals surface area contributed by atoms with Crippen molar-refractivity contribution in [2.75, 3.05) is 24.6 Å². The number of anilines is 1. The second-order valence-corrected chi connectivity index (χ2v) is 7.11. The molecule has 1 fully saturated rings. The van der Waals surface area contributed by atoms with Crippen molar-refractivity contribution in [1.82, 2.24) is 0 Å². The molecule has 1 unspecified atom stereocenters. The first kappa shape index (κ1) is 19.6. The van der Waals surface area contributed by atoms with Crippen LogP contribution in [0.3, 0.4) is 0 Å². The molecule has 1 aliphatic heterocycles. The van der Waals surface area contributed by atoms with E-state index in [1.165, 1.54) is 12.1 Å². The minimum absolute atomic E-state index is 0.149. The standard InChI is InChI=1S/C18H24F3NO3/c1-17(2,3)25-16(23)9-8-15-12-22(10-11-24-15)14-6-4-13(5-7-14)18(19,20)21/h4-7,15H,8-12H2,1-3H3. The van der Waals surface area contributed by atoms with E-state index in [0.29, 0.717) is 26.1 Å². The molecule has 0 radical (unpaired) electrons. The largest absolute Gasteiger partial charge is 0.460 e. The molecule has 1 aliphatic rings. The summed E-state index contributed by atoms with van der Waals surface area (Å²) in [5, 5.41) is 0. The fraction of sp³-hybridized carbons (Fsp3) is 0.611. The van der Waals surface area contributed by atoms with Crippen molar-refractivity contribution in [3.8, 4) is 0 Å². The summed E-state index contributed by atoms with van der Waals surface area (Å²) in [5.74, 6) is -0.275. The first-order valence-electron chi connectivity index (χ1n) is 8.30. The second kappa shape index (κ2) is 7.64. The zero-order valence-electron chi connectivity index (χ0n) is 14.7. The summed E-state index contributed by atoms with van der Waals surface area (Å²) in [6.07, 6.45) is -3.71. The molecule has 0 aliphatic carbocycles. The Morgan fingerprint density at radius 2 is 1.88 bits per heavy atom. The highest BCUT2D eigenvalue weighted by Crippen LogP contribution is 2.31. The molecule has 0 saturated carbocycles. The van der Waals surface area contributed by atoms with Crippen molar-refractivity contribution >= 4 is 11.7 Å². The van der Waals surface area contributed by atoms with Crippen LogP contribution in [0.5, 0.6) is 0 Å². The van der Waals surface area contributed by atoms with Crippen LogP contribution in [-0.4, -0.2) is 37.4 Å². The van der Waals surface area contributed by atoms with Crippen molar-refractivity contribution < 1.29 is 27.4 Å². The molecule has 140 valence electrons. The average molecular weight is 359 g/mol. The number of hydrogen-bond acceptors (Lipinski definition) is 4. The lowest BCUT2D eigenvalue weighted by molar-refractivity contribution is -0.155. The molecule has 0 bridgehead atoms. The number of alkyl halides is 3. The van der Waals surface area contributed by atoms with Crippen LogP contribution in [0.4, 0.5) is 18.9 Å². The summed E-state index contributed by atoms with van der Waals surface area (Å²) in [6.45, 7) is 7.06. The first-order valence-corrected chi connectivity index (χ1v) is 8.30. The van der Waals surface area contributed by atoms with E-state index >= 15 is 0 Å². The maximum Gasteiger partial charge on any atom is 0.416 e. The smallest absolute Gasteiger partial charge is 0.416 e. The van der Waals surface area contributed by atoms with Crippen LogP contribution in [0.2, 0.25) is 0 Å². The Balaban J connectivity index is 1.89. The summed E-state index contributed by atoms with van der Waals surface area (Å²) in [4.78, 5) is 13.8. The van der Waals surface area contributed by atoms with Crippen molar-refractivity contribution in [2.45, 2.75) is 51.5 Å². The normalized spacial score (nSPS) is 19.0. The predicted octanol–water partition coefficient (Wildman–Crippen LogP) is 4.03. The van der Waals surface area contributed by atoms with Crippen LogP contribution < -0.4 is 4.90 Å². The molecule has 2 rings (SSSR count).